The molecule has 1 aromatic carbocycles. The molecule has 0 unspecified atom stereocenters. The number of hydrogen-bond acceptors (Lipinski definition) is 5. The standard InChI is InChI=1S/C21H31FN2O3/c22-17-5-7-18(8-6-17)27-19-15-25-20-13-24(14-21(20)26-16-19)12-11-23-9-3-1-2-4-10-23/h5-8,19-21H,1-4,9-16H2/t20-,21-/m0/s1. The topological polar surface area (TPSA) is 34.2 Å². The molecule has 1 aromatic rings. The predicted molar refractivity (Wildman–Crippen MR) is 102 cm³/mol. The van der Waals surface area contributed by atoms with E-state index in [4.69, 9.17) is 14.2 Å². The number of nitrogens with zero attached hydrogens (tertiary/aromatic N) is 2. The maximum Gasteiger partial charge on any atom is 0.145 e. The van der Waals surface area contributed by atoms with Gasteiger partial charge in [-0.3, -0.25) is 4.90 Å². The maximum atomic E-state index is 13.0. The summed E-state index contributed by atoms with van der Waals surface area (Å²) in [4.78, 5) is 5.08. The molecule has 150 valence electrons. The normalized spacial score (nSPS) is 28.5. The Balaban J connectivity index is 1.21. The van der Waals surface area contributed by atoms with Gasteiger partial charge in [-0.15, -0.1) is 0 Å². The molecule has 0 amide bonds. The van der Waals surface area contributed by atoms with Crippen LogP contribution in [0.2, 0.25) is 0 Å². The zero-order chi connectivity index (χ0) is 18.5. The molecule has 0 N–H and O–H groups in total. The van der Waals surface area contributed by atoms with Crippen molar-refractivity contribution in [3.05, 3.63) is 30.1 Å². The van der Waals surface area contributed by atoms with Gasteiger partial charge in [0.25, 0.3) is 0 Å². The minimum absolute atomic E-state index is 0.121. The molecule has 4 rings (SSSR count). The fourth-order valence-corrected chi connectivity index (χ4v) is 4.25. The van der Waals surface area contributed by atoms with E-state index in [1.165, 1.54) is 50.9 Å². The molecule has 0 aromatic heterocycles. The summed E-state index contributed by atoms with van der Waals surface area (Å²) in [5, 5.41) is 0. The minimum Gasteiger partial charge on any atom is -0.486 e. The van der Waals surface area contributed by atoms with Gasteiger partial charge in [0.1, 0.15) is 17.7 Å². The van der Waals surface area contributed by atoms with Gasteiger partial charge in [0.2, 0.25) is 0 Å². The Hall–Kier alpha value is -1.21. The van der Waals surface area contributed by atoms with Gasteiger partial charge >= 0.3 is 0 Å². The van der Waals surface area contributed by atoms with Gasteiger partial charge in [-0.2, -0.15) is 0 Å². The highest BCUT2D eigenvalue weighted by molar-refractivity contribution is 5.22. The van der Waals surface area contributed by atoms with Crippen LogP contribution >= 0.6 is 0 Å². The van der Waals surface area contributed by atoms with Crippen molar-refractivity contribution in [2.75, 3.05) is 52.5 Å². The summed E-state index contributed by atoms with van der Waals surface area (Å²) < 4.78 is 31.1. The van der Waals surface area contributed by atoms with Crippen molar-refractivity contribution in [2.45, 2.75) is 44.0 Å². The van der Waals surface area contributed by atoms with E-state index in [-0.39, 0.29) is 24.1 Å². The molecule has 2 atom stereocenters. The smallest absolute Gasteiger partial charge is 0.145 e. The second-order valence-electron chi connectivity index (χ2n) is 7.95. The number of fused-ring (bicyclic) bond motifs is 1. The van der Waals surface area contributed by atoms with Crippen molar-refractivity contribution in [2.24, 2.45) is 0 Å². The summed E-state index contributed by atoms with van der Waals surface area (Å²) in [5.41, 5.74) is 0. The van der Waals surface area contributed by atoms with Crippen molar-refractivity contribution in [3.63, 3.8) is 0 Å². The minimum atomic E-state index is -0.259. The van der Waals surface area contributed by atoms with Gasteiger partial charge in [0, 0.05) is 26.2 Å². The van der Waals surface area contributed by atoms with Crippen LogP contribution in [-0.4, -0.2) is 80.6 Å². The first-order valence-corrected chi connectivity index (χ1v) is 10.4. The van der Waals surface area contributed by atoms with Crippen LogP contribution in [-0.2, 0) is 9.47 Å². The van der Waals surface area contributed by atoms with Crippen LogP contribution in [0.15, 0.2) is 24.3 Å². The van der Waals surface area contributed by atoms with E-state index in [1.54, 1.807) is 12.1 Å². The Morgan fingerprint density at radius 2 is 1.44 bits per heavy atom. The van der Waals surface area contributed by atoms with Gasteiger partial charge in [-0.05, 0) is 50.2 Å². The molecule has 3 aliphatic heterocycles. The third-order valence-corrected chi connectivity index (χ3v) is 5.83. The van der Waals surface area contributed by atoms with Crippen LogP contribution in [0.4, 0.5) is 4.39 Å². The Morgan fingerprint density at radius 3 is 2.07 bits per heavy atom. The molecule has 5 nitrogen and oxygen atoms in total. The summed E-state index contributed by atoms with van der Waals surface area (Å²) in [6.45, 7) is 7.62. The number of rotatable bonds is 5. The van der Waals surface area contributed by atoms with E-state index < -0.39 is 0 Å². The lowest BCUT2D eigenvalue weighted by Gasteiger charge is -2.24. The van der Waals surface area contributed by atoms with Gasteiger partial charge in [-0.25, -0.2) is 4.39 Å². The molecule has 0 saturated carbocycles. The monoisotopic (exact) mass is 378 g/mol. The second kappa shape index (κ2) is 9.32. The third-order valence-electron chi connectivity index (χ3n) is 5.83. The van der Waals surface area contributed by atoms with Crippen LogP contribution in [0.1, 0.15) is 25.7 Å². The van der Waals surface area contributed by atoms with E-state index in [9.17, 15) is 4.39 Å². The number of benzene rings is 1. The van der Waals surface area contributed by atoms with Crippen molar-refractivity contribution in [1.29, 1.82) is 0 Å². The van der Waals surface area contributed by atoms with Crippen molar-refractivity contribution in [3.8, 4) is 5.75 Å². The number of hydrogen-bond donors (Lipinski definition) is 0. The first-order chi connectivity index (χ1) is 13.3. The van der Waals surface area contributed by atoms with Gasteiger partial charge < -0.3 is 19.1 Å². The average Bonchev–Trinajstić information content (AvgIpc) is 2.83. The number of ether oxygens (including phenoxy) is 3. The Bertz CT molecular complexity index is 561. The third kappa shape index (κ3) is 5.41. The summed E-state index contributed by atoms with van der Waals surface area (Å²) in [6.07, 6.45) is 5.54. The van der Waals surface area contributed by atoms with Crippen LogP contribution in [0.3, 0.4) is 0 Å². The Morgan fingerprint density at radius 1 is 0.852 bits per heavy atom. The van der Waals surface area contributed by atoms with Gasteiger partial charge in [-0.1, -0.05) is 12.8 Å². The summed E-state index contributed by atoms with van der Waals surface area (Å²) in [6, 6.07) is 6.10. The molecule has 0 spiro atoms. The lowest BCUT2D eigenvalue weighted by atomic mass is 10.2. The second-order valence-corrected chi connectivity index (χ2v) is 7.95. The van der Waals surface area contributed by atoms with Crippen LogP contribution < -0.4 is 4.74 Å². The highest BCUT2D eigenvalue weighted by Crippen LogP contribution is 2.22. The van der Waals surface area contributed by atoms with E-state index >= 15 is 0 Å². The Labute approximate surface area is 161 Å². The molecular formula is C21H31FN2O3. The average molecular weight is 378 g/mol. The van der Waals surface area contributed by atoms with E-state index in [0.717, 1.165) is 26.2 Å². The molecule has 0 aliphatic carbocycles. The molecule has 0 bridgehead atoms. The van der Waals surface area contributed by atoms with Crippen molar-refractivity contribution >= 4 is 0 Å². The fourth-order valence-electron chi connectivity index (χ4n) is 4.25. The molecule has 6 heteroatoms. The molecule has 3 fully saturated rings. The lowest BCUT2D eigenvalue weighted by Crippen LogP contribution is -2.36. The van der Waals surface area contributed by atoms with E-state index in [0.29, 0.717) is 19.0 Å². The fraction of sp³-hybridized carbons (Fsp3) is 0.714. The zero-order valence-electron chi connectivity index (χ0n) is 16.0. The summed E-state index contributed by atoms with van der Waals surface area (Å²) >= 11 is 0. The van der Waals surface area contributed by atoms with E-state index in [2.05, 4.69) is 9.80 Å². The Kier molecular flexibility index (Phi) is 6.60. The highest BCUT2D eigenvalue weighted by Gasteiger charge is 2.37. The van der Waals surface area contributed by atoms with Gasteiger partial charge in [0.15, 0.2) is 0 Å². The molecule has 27 heavy (non-hydrogen) atoms. The largest absolute Gasteiger partial charge is 0.486 e. The van der Waals surface area contributed by atoms with Crippen LogP contribution in [0, 0.1) is 5.82 Å². The molecule has 0 radical (unpaired) electrons. The quantitative estimate of drug-likeness (QED) is 0.787. The van der Waals surface area contributed by atoms with Crippen LogP contribution in [0.5, 0.6) is 5.75 Å². The maximum absolute atomic E-state index is 13.0. The number of likely N-dealkylation sites (tertiary alicyclic amines) is 2. The SMILES string of the molecule is Fc1ccc(OC2CO[C@H]3CN(CCN4CCCCCC4)C[C@@H]3OC2)cc1. The highest BCUT2D eigenvalue weighted by atomic mass is 19.1. The lowest BCUT2D eigenvalue weighted by molar-refractivity contribution is -0.00461. The molecular weight excluding hydrogens is 347 g/mol. The molecule has 3 aliphatic rings. The first kappa shape index (κ1) is 19.1. The van der Waals surface area contributed by atoms with Gasteiger partial charge in [0.05, 0.1) is 25.4 Å². The summed E-state index contributed by atoms with van der Waals surface area (Å²) in [7, 11) is 0. The van der Waals surface area contributed by atoms with E-state index in [1.807, 2.05) is 0 Å². The van der Waals surface area contributed by atoms with Crippen molar-refractivity contribution < 1.29 is 18.6 Å². The predicted octanol–water partition coefficient (Wildman–Crippen LogP) is 2.55. The van der Waals surface area contributed by atoms with Crippen molar-refractivity contribution in [1.82, 2.24) is 9.80 Å². The first-order valence-electron chi connectivity index (χ1n) is 10.4. The molecule has 3 saturated heterocycles. The molecule has 3 heterocycles. The van der Waals surface area contributed by atoms with Crippen LogP contribution in [0.25, 0.3) is 0 Å². The summed E-state index contributed by atoms with van der Waals surface area (Å²) in [5.74, 6) is 0.394. The number of halogens is 1. The zero-order valence-corrected chi connectivity index (χ0v) is 16.0.